The van der Waals surface area contributed by atoms with Crippen LogP contribution in [-0.2, 0) is 11.3 Å². The van der Waals surface area contributed by atoms with Crippen LogP contribution in [-0.4, -0.2) is 20.7 Å². The van der Waals surface area contributed by atoms with Crippen LogP contribution >= 0.6 is 0 Å². The molecule has 0 unspecified atom stereocenters. The molecule has 4 aromatic rings. The Morgan fingerprint density at radius 2 is 1.96 bits per heavy atom. The minimum atomic E-state index is -0.577. The quantitative estimate of drug-likeness (QED) is 0.594. The van der Waals surface area contributed by atoms with Gasteiger partial charge in [0.1, 0.15) is 18.2 Å². The van der Waals surface area contributed by atoms with E-state index in [1.54, 1.807) is 6.07 Å². The van der Waals surface area contributed by atoms with Crippen molar-refractivity contribution in [3.8, 4) is 0 Å². The monoisotopic (exact) mass is 354 g/mol. The lowest BCUT2D eigenvalue weighted by Gasteiger charge is -2.06. The average Bonchev–Trinajstić information content (AvgIpc) is 2.93. The molecule has 0 bridgehead atoms. The number of carbonyl (C=O) groups excluding carboxylic acids is 1. The molecule has 0 saturated carbocycles. The van der Waals surface area contributed by atoms with Crippen molar-refractivity contribution in [3.63, 3.8) is 0 Å². The van der Waals surface area contributed by atoms with Crippen molar-refractivity contribution in [1.82, 2.24) is 14.8 Å². The Morgan fingerprint density at radius 1 is 1.15 bits per heavy atom. The maximum Gasteiger partial charge on any atom is 0.276 e. The predicted molar refractivity (Wildman–Crippen MR) is 92.8 cm³/mol. The third kappa shape index (κ3) is 2.71. The summed E-state index contributed by atoms with van der Waals surface area (Å²) in [6.45, 7) is -0.349. The van der Waals surface area contributed by atoms with Gasteiger partial charge >= 0.3 is 0 Å². The molecule has 1 amide bonds. The Balaban J connectivity index is 1.71. The van der Waals surface area contributed by atoms with Gasteiger partial charge in [-0.2, -0.15) is 0 Å². The van der Waals surface area contributed by atoms with Crippen LogP contribution in [0.4, 0.5) is 14.5 Å². The number of benzene rings is 2. The summed E-state index contributed by atoms with van der Waals surface area (Å²) in [6.07, 6.45) is 1.37. The first-order valence-electron chi connectivity index (χ1n) is 7.74. The molecule has 0 aliphatic heterocycles. The van der Waals surface area contributed by atoms with Gasteiger partial charge < -0.3 is 5.32 Å². The van der Waals surface area contributed by atoms with E-state index in [-0.39, 0.29) is 17.6 Å². The van der Waals surface area contributed by atoms with Crippen molar-refractivity contribution < 1.29 is 13.6 Å². The SMILES string of the molecule is O=C(Cn1[nH]c2c(cnc3ccc(F)cc32)c1=O)Nc1ccccc1F. The number of aromatic nitrogens is 3. The fourth-order valence-corrected chi connectivity index (χ4v) is 2.79. The van der Waals surface area contributed by atoms with E-state index in [2.05, 4.69) is 15.4 Å². The zero-order valence-electron chi connectivity index (χ0n) is 13.3. The second-order valence-corrected chi connectivity index (χ2v) is 5.74. The third-order valence-corrected chi connectivity index (χ3v) is 4.00. The van der Waals surface area contributed by atoms with E-state index in [1.165, 1.54) is 42.6 Å². The molecule has 0 saturated heterocycles. The molecular weight excluding hydrogens is 342 g/mol. The van der Waals surface area contributed by atoms with Gasteiger partial charge in [0.25, 0.3) is 5.56 Å². The van der Waals surface area contributed by atoms with Crippen LogP contribution in [0.15, 0.2) is 53.5 Å². The van der Waals surface area contributed by atoms with Gasteiger partial charge in [0.05, 0.1) is 22.1 Å². The van der Waals surface area contributed by atoms with E-state index in [9.17, 15) is 18.4 Å². The first kappa shape index (κ1) is 15.9. The number of pyridine rings is 1. The fourth-order valence-electron chi connectivity index (χ4n) is 2.79. The molecule has 4 rings (SSSR count). The summed E-state index contributed by atoms with van der Waals surface area (Å²) in [5.41, 5.74) is 0.458. The van der Waals surface area contributed by atoms with Gasteiger partial charge in [0.2, 0.25) is 5.91 Å². The number of halogens is 2. The van der Waals surface area contributed by atoms with Gasteiger partial charge in [-0.25, -0.2) is 13.5 Å². The molecule has 2 aromatic carbocycles. The second-order valence-electron chi connectivity index (χ2n) is 5.74. The van der Waals surface area contributed by atoms with Crippen LogP contribution < -0.4 is 10.9 Å². The molecule has 8 heteroatoms. The number of hydrogen-bond acceptors (Lipinski definition) is 3. The van der Waals surface area contributed by atoms with E-state index in [0.29, 0.717) is 16.4 Å². The van der Waals surface area contributed by atoms with Crippen molar-refractivity contribution >= 4 is 33.4 Å². The first-order chi connectivity index (χ1) is 12.5. The largest absolute Gasteiger partial charge is 0.322 e. The smallest absolute Gasteiger partial charge is 0.276 e. The van der Waals surface area contributed by atoms with Crippen LogP contribution in [0.2, 0.25) is 0 Å². The van der Waals surface area contributed by atoms with E-state index >= 15 is 0 Å². The van der Waals surface area contributed by atoms with Crippen LogP contribution in [0.25, 0.3) is 21.8 Å². The van der Waals surface area contributed by atoms with Gasteiger partial charge in [0.15, 0.2) is 0 Å². The summed E-state index contributed by atoms with van der Waals surface area (Å²) in [7, 11) is 0. The third-order valence-electron chi connectivity index (χ3n) is 4.00. The molecule has 6 nitrogen and oxygen atoms in total. The van der Waals surface area contributed by atoms with Crippen molar-refractivity contribution in [3.05, 3.63) is 70.6 Å². The molecule has 0 atom stereocenters. The highest BCUT2D eigenvalue weighted by Gasteiger charge is 2.14. The fraction of sp³-hybridized carbons (Fsp3) is 0.0556. The zero-order valence-corrected chi connectivity index (χ0v) is 13.3. The Bertz CT molecular complexity index is 1210. The van der Waals surface area contributed by atoms with Crippen LogP contribution in [0, 0.1) is 11.6 Å². The standard InChI is InChI=1S/C18H12F2N4O2/c19-10-5-6-14-11(7-10)17-12(8-21-14)18(26)24(23-17)9-16(25)22-15-4-2-1-3-13(15)20/h1-8,23H,9H2,(H,22,25). The number of carbonyl (C=O) groups is 1. The molecule has 130 valence electrons. The van der Waals surface area contributed by atoms with E-state index in [4.69, 9.17) is 0 Å². The highest BCUT2D eigenvalue weighted by atomic mass is 19.1. The van der Waals surface area contributed by atoms with Crippen molar-refractivity contribution in [2.45, 2.75) is 6.54 Å². The van der Waals surface area contributed by atoms with Gasteiger partial charge in [-0.15, -0.1) is 0 Å². The van der Waals surface area contributed by atoms with Crippen LogP contribution in [0.3, 0.4) is 0 Å². The zero-order chi connectivity index (χ0) is 18.3. The number of anilines is 1. The summed E-state index contributed by atoms with van der Waals surface area (Å²) in [6, 6.07) is 9.77. The Kier molecular flexibility index (Phi) is 3.72. The lowest BCUT2D eigenvalue weighted by molar-refractivity contribution is -0.117. The lowest BCUT2D eigenvalue weighted by Crippen LogP contribution is -2.26. The Morgan fingerprint density at radius 3 is 2.77 bits per heavy atom. The number of aromatic amines is 1. The summed E-state index contributed by atoms with van der Waals surface area (Å²) >= 11 is 0. The summed E-state index contributed by atoms with van der Waals surface area (Å²) in [5.74, 6) is -1.61. The number of rotatable bonds is 3. The van der Waals surface area contributed by atoms with Crippen molar-refractivity contribution in [2.75, 3.05) is 5.32 Å². The lowest BCUT2D eigenvalue weighted by atomic mass is 10.2. The predicted octanol–water partition coefficient (Wildman–Crippen LogP) is 2.79. The molecule has 0 aliphatic carbocycles. The molecule has 0 radical (unpaired) electrons. The summed E-state index contributed by atoms with van der Waals surface area (Å²) in [5, 5.41) is 5.89. The summed E-state index contributed by atoms with van der Waals surface area (Å²) < 4.78 is 28.2. The molecule has 26 heavy (non-hydrogen) atoms. The second kappa shape index (κ2) is 6.07. The minimum Gasteiger partial charge on any atom is -0.322 e. The van der Waals surface area contributed by atoms with Gasteiger partial charge in [-0.05, 0) is 30.3 Å². The van der Waals surface area contributed by atoms with Crippen LogP contribution in [0.5, 0.6) is 0 Å². The number of H-pyrrole nitrogens is 1. The summed E-state index contributed by atoms with van der Waals surface area (Å²) in [4.78, 5) is 28.7. The van der Waals surface area contributed by atoms with E-state index in [1.807, 2.05) is 0 Å². The highest BCUT2D eigenvalue weighted by molar-refractivity contribution is 6.02. The van der Waals surface area contributed by atoms with Crippen LogP contribution in [0.1, 0.15) is 0 Å². The molecule has 2 N–H and O–H groups in total. The first-order valence-corrected chi connectivity index (χ1v) is 7.74. The number of nitrogens with zero attached hydrogens (tertiary/aromatic N) is 2. The molecule has 2 aromatic heterocycles. The van der Waals surface area contributed by atoms with Crippen molar-refractivity contribution in [1.29, 1.82) is 0 Å². The Labute approximate surface area is 145 Å². The van der Waals surface area contributed by atoms with E-state index < -0.39 is 23.1 Å². The average molecular weight is 354 g/mol. The Hall–Kier alpha value is -3.55. The van der Waals surface area contributed by atoms with Crippen molar-refractivity contribution in [2.24, 2.45) is 0 Å². The molecule has 0 fully saturated rings. The number of hydrogen-bond donors (Lipinski definition) is 2. The highest BCUT2D eigenvalue weighted by Crippen LogP contribution is 2.21. The molecular formula is C18H12F2N4O2. The molecule has 0 aliphatic rings. The van der Waals surface area contributed by atoms with Gasteiger partial charge in [-0.3, -0.25) is 19.7 Å². The molecule has 0 spiro atoms. The van der Waals surface area contributed by atoms with Gasteiger partial charge in [0, 0.05) is 11.6 Å². The number of para-hydroxylation sites is 1. The minimum absolute atomic E-state index is 0.0239. The number of amides is 1. The number of fused-ring (bicyclic) bond motifs is 3. The molecule has 2 heterocycles. The topological polar surface area (TPSA) is 79.8 Å². The number of nitrogens with one attached hydrogen (secondary N) is 2. The normalized spacial score (nSPS) is 11.2. The van der Waals surface area contributed by atoms with Gasteiger partial charge in [-0.1, -0.05) is 12.1 Å². The maximum absolute atomic E-state index is 13.6. The van der Waals surface area contributed by atoms with E-state index in [0.717, 1.165) is 4.68 Å². The maximum atomic E-state index is 13.6.